The molecule has 0 radical (unpaired) electrons. The molecule has 0 atom stereocenters. The fourth-order valence-corrected chi connectivity index (χ4v) is 1.10. The van der Waals surface area contributed by atoms with Crippen LogP contribution in [0, 0.1) is 11.6 Å². The molecule has 0 amide bonds. The predicted octanol–water partition coefficient (Wildman–Crippen LogP) is 2.07. The van der Waals surface area contributed by atoms with Gasteiger partial charge in [-0.15, -0.1) is 0 Å². The van der Waals surface area contributed by atoms with Crippen LogP contribution in [0.2, 0.25) is 0 Å². The summed E-state index contributed by atoms with van der Waals surface area (Å²) in [5.74, 6) is -1.50. The second-order valence-electron chi connectivity index (χ2n) is 2.55. The maximum absolute atomic E-state index is 13.0. The van der Waals surface area contributed by atoms with Gasteiger partial charge in [0.05, 0.1) is 5.39 Å². The molecule has 0 fully saturated rings. The van der Waals surface area contributed by atoms with Crippen molar-refractivity contribution in [3.63, 3.8) is 0 Å². The van der Waals surface area contributed by atoms with Gasteiger partial charge >= 0.3 is 5.63 Å². The number of hydrogen-bond donors (Lipinski definition) is 0. The van der Waals surface area contributed by atoms with Crippen molar-refractivity contribution in [1.82, 2.24) is 0 Å². The van der Waals surface area contributed by atoms with Crippen molar-refractivity contribution in [2.75, 3.05) is 0 Å². The molecule has 2 rings (SSSR count). The summed E-state index contributed by atoms with van der Waals surface area (Å²) in [7, 11) is 0. The molecule has 1 aromatic carbocycles. The molecule has 0 unspecified atom stereocenters. The first-order valence-electron chi connectivity index (χ1n) is 3.56. The lowest BCUT2D eigenvalue weighted by molar-refractivity contribution is 0.543. The molecule has 2 aromatic rings. The lowest BCUT2D eigenvalue weighted by Gasteiger charge is -1.96. The highest BCUT2D eigenvalue weighted by Crippen LogP contribution is 2.17. The number of fused-ring (bicyclic) bond motifs is 1. The Morgan fingerprint density at radius 3 is 2.69 bits per heavy atom. The smallest absolute Gasteiger partial charge is 0.336 e. The van der Waals surface area contributed by atoms with Gasteiger partial charge in [-0.05, 0) is 6.07 Å². The highest BCUT2D eigenvalue weighted by atomic mass is 19.1. The molecule has 0 N–H and O–H groups in total. The lowest BCUT2D eigenvalue weighted by Crippen LogP contribution is -1.95. The summed E-state index contributed by atoms with van der Waals surface area (Å²) in [6.07, 6.45) is 0. The van der Waals surface area contributed by atoms with E-state index < -0.39 is 17.3 Å². The van der Waals surface area contributed by atoms with Gasteiger partial charge in [0.15, 0.2) is 0 Å². The Morgan fingerprint density at radius 2 is 1.92 bits per heavy atom. The van der Waals surface area contributed by atoms with Crippen molar-refractivity contribution >= 4 is 11.0 Å². The van der Waals surface area contributed by atoms with Crippen molar-refractivity contribution in [3.05, 3.63) is 46.3 Å². The molecule has 0 aliphatic carbocycles. The van der Waals surface area contributed by atoms with Crippen LogP contribution in [0.5, 0.6) is 0 Å². The van der Waals surface area contributed by atoms with E-state index in [9.17, 15) is 13.6 Å². The predicted molar refractivity (Wildman–Crippen MR) is 42.4 cm³/mol. The van der Waals surface area contributed by atoms with Crippen LogP contribution in [0.15, 0.2) is 33.5 Å². The van der Waals surface area contributed by atoms with E-state index in [1.54, 1.807) is 0 Å². The topological polar surface area (TPSA) is 30.2 Å². The van der Waals surface area contributed by atoms with Gasteiger partial charge in [0.25, 0.3) is 0 Å². The molecule has 66 valence electrons. The molecule has 0 saturated heterocycles. The van der Waals surface area contributed by atoms with Crippen LogP contribution in [-0.2, 0) is 0 Å². The standard InChI is InChI=1S/C9H4F2O2/c10-5-3-7(11)6-1-2-9(12)13-8(6)4-5/h1-4H. The van der Waals surface area contributed by atoms with Crippen LogP contribution >= 0.6 is 0 Å². The molecule has 0 bridgehead atoms. The third-order valence-corrected chi connectivity index (χ3v) is 1.65. The summed E-state index contributed by atoms with van der Waals surface area (Å²) in [5.41, 5.74) is -0.706. The normalized spacial score (nSPS) is 10.6. The molecule has 0 aliphatic rings. The first kappa shape index (κ1) is 7.91. The molecule has 1 heterocycles. The van der Waals surface area contributed by atoms with Crippen molar-refractivity contribution in [2.24, 2.45) is 0 Å². The maximum Gasteiger partial charge on any atom is 0.336 e. The third kappa shape index (κ3) is 1.30. The zero-order chi connectivity index (χ0) is 9.42. The zero-order valence-electron chi connectivity index (χ0n) is 6.38. The van der Waals surface area contributed by atoms with E-state index in [0.717, 1.165) is 18.2 Å². The SMILES string of the molecule is O=c1ccc2c(F)cc(F)cc2o1. The Labute approximate surface area is 71.4 Å². The molecule has 0 saturated carbocycles. The highest BCUT2D eigenvalue weighted by molar-refractivity contribution is 5.76. The minimum atomic E-state index is -0.764. The molecular weight excluding hydrogens is 178 g/mol. The van der Waals surface area contributed by atoms with Crippen molar-refractivity contribution in [2.45, 2.75) is 0 Å². The number of rotatable bonds is 0. The number of hydrogen-bond acceptors (Lipinski definition) is 2. The maximum atomic E-state index is 13.0. The van der Waals surface area contributed by atoms with Crippen molar-refractivity contribution < 1.29 is 13.2 Å². The van der Waals surface area contributed by atoms with Crippen LogP contribution in [0.25, 0.3) is 11.0 Å². The third-order valence-electron chi connectivity index (χ3n) is 1.65. The number of halogens is 2. The second kappa shape index (κ2) is 2.65. The van der Waals surface area contributed by atoms with Crippen LogP contribution in [0.1, 0.15) is 0 Å². The lowest BCUT2D eigenvalue weighted by atomic mass is 10.2. The molecule has 13 heavy (non-hydrogen) atoms. The van der Waals surface area contributed by atoms with Crippen LogP contribution < -0.4 is 5.63 Å². The highest BCUT2D eigenvalue weighted by Gasteiger charge is 2.05. The largest absolute Gasteiger partial charge is 0.423 e. The van der Waals surface area contributed by atoms with Crippen LogP contribution in [-0.4, -0.2) is 0 Å². The molecule has 1 aromatic heterocycles. The Morgan fingerprint density at radius 1 is 1.15 bits per heavy atom. The van der Waals surface area contributed by atoms with E-state index in [-0.39, 0.29) is 11.0 Å². The summed E-state index contributed by atoms with van der Waals surface area (Å²) < 4.78 is 30.2. The second-order valence-corrected chi connectivity index (χ2v) is 2.55. The quantitative estimate of drug-likeness (QED) is 0.584. The van der Waals surface area contributed by atoms with E-state index in [1.165, 1.54) is 6.07 Å². The summed E-state index contributed by atoms with van der Waals surface area (Å²) in [5, 5.41) is 0.0981. The van der Waals surface area contributed by atoms with E-state index in [0.29, 0.717) is 0 Å². The molecular formula is C9H4F2O2. The molecule has 0 aliphatic heterocycles. The molecule has 4 heteroatoms. The van der Waals surface area contributed by atoms with E-state index >= 15 is 0 Å². The zero-order valence-corrected chi connectivity index (χ0v) is 6.38. The van der Waals surface area contributed by atoms with Gasteiger partial charge in [-0.3, -0.25) is 0 Å². The Kier molecular flexibility index (Phi) is 1.62. The van der Waals surface area contributed by atoms with Gasteiger partial charge in [-0.2, -0.15) is 0 Å². The van der Waals surface area contributed by atoms with Gasteiger partial charge in [-0.1, -0.05) is 0 Å². The van der Waals surface area contributed by atoms with E-state index in [2.05, 4.69) is 4.42 Å². The molecule has 2 nitrogen and oxygen atoms in total. The fraction of sp³-hybridized carbons (Fsp3) is 0. The minimum absolute atomic E-state index is 0.0787. The Balaban J connectivity index is 2.94. The summed E-state index contributed by atoms with van der Waals surface area (Å²) in [4.78, 5) is 10.7. The van der Waals surface area contributed by atoms with Gasteiger partial charge in [0.1, 0.15) is 17.2 Å². The first-order valence-corrected chi connectivity index (χ1v) is 3.56. The van der Waals surface area contributed by atoms with Crippen LogP contribution in [0.4, 0.5) is 8.78 Å². The molecule has 0 spiro atoms. The van der Waals surface area contributed by atoms with E-state index in [1.807, 2.05) is 0 Å². The van der Waals surface area contributed by atoms with Gasteiger partial charge in [-0.25, -0.2) is 13.6 Å². The van der Waals surface area contributed by atoms with Gasteiger partial charge in [0.2, 0.25) is 0 Å². The van der Waals surface area contributed by atoms with E-state index in [4.69, 9.17) is 0 Å². The number of benzene rings is 1. The first-order chi connectivity index (χ1) is 6.16. The average molecular weight is 182 g/mol. The Bertz CT molecular complexity index is 516. The summed E-state index contributed by atoms with van der Waals surface area (Å²) in [6, 6.07) is 4.06. The van der Waals surface area contributed by atoms with Gasteiger partial charge < -0.3 is 4.42 Å². The van der Waals surface area contributed by atoms with Crippen molar-refractivity contribution in [1.29, 1.82) is 0 Å². The fourth-order valence-electron chi connectivity index (χ4n) is 1.10. The van der Waals surface area contributed by atoms with Crippen molar-refractivity contribution in [3.8, 4) is 0 Å². The summed E-state index contributed by atoms with van der Waals surface area (Å²) >= 11 is 0. The average Bonchev–Trinajstić information content (AvgIpc) is 2.02. The Hall–Kier alpha value is -1.71. The summed E-state index contributed by atoms with van der Waals surface area (Å²) in [6.45, 7) is 0. The van der Waals surface area contributed by atoms with Gasteiger partial charge in [0, 0.05) is 18.2 Å². The monoisotopic (exact) mass is 182 g/mol. The minimum Gasteiger partial charge on any atom is -0.423 e. The van der Waals surface area contributed by atoms with Crippen LogP contribution in [0.3, 0.4) is 0 Å².